The van der Waals surface area contributed by atoms with Crippen molar-refractivity contribution in [3.8, 4) is 33.8 Å². The molecule has 0 radical (unpaired) electrons. The Balaban J connectivity index is 1.18. The van der Waals surface area contributed by atoms with Crippen LogP contribution < -0.4 is 10.6 Å². The third-order valence-corrected chi connectivity index (χ3v) is 7.51. The molecule has 0 amide bonds. The van der Waals surface area contributed by atoms with Gasteiger partial charge in [-0.05, 0) is 70.4 Å². The number of benzene rings is 6. The quantitative estimate of drug-likeness (QED) is 0.213. The van der Waals surface area contributed by atoms with Gasteiger partial charge in [0.05, 0.1) is 5.69 Å². The average Bonchev–Trinajstić information content (AvgIpc) is 3.06. The van der Waals surface area contributed by atoms with Crippen LogP contribution in [0.1, 0.15) is 0 Å². The van der Waals surface area contributed by atoms with Gasteiger partial charge < -0.3 is 10.6 Å². The van der Waals surface area contributed by atoms with Crippen molar-refractivity contribution in [3.63, 3.8) is 0 Å². The maximum Gasteiger partial charge on any atom is 0.162 e. The lowest BCUT2D eigenvalue weighted by Gasteiger charge is -2.25. The molecule has 200 valence electrons. The molecule has 6 aromatic carbocycles. The highest BCUT2D eigenvalue weighted by Gasteiger charge is 2.14. The zero-order valence-electron chi connectivity index (χ0n) is 22.9. The van der Waals surface area contributed by atoms with E-state index in [0.29, 0.717) is 11.5 Å². The second kappa shape index (κ2) is 11.0. The molecule has 4 nitrogen and oxygen atoms in total. The van der Waals surface area contributed by atoms with Gasteiger partial charge in [-0.1, -0.05) is 103 Å². The summed E-state index contributed by atoms with van der Waals surface area (Å²) in [7, 11) is 0. The molecule has 7 rings (SSSR count). The normalized spacial score (nSPS) is 11.0. The Morgan fingerprint density at radius 3 is 1.69 bits per heavy atom. The van der Waals surface area contributed by atoms with Gasteiger partial charge >= 0.3 is 0 Å². The number of nitrogens with zero attached hydrogens (tertiary/aromatic N) is 3. The van der Waals surface area contributed by atoms with Crippen LogP contribution in [0.15, 0.2) is 158 Å². The molecule has 0 saturated carbocycles. The van der Waals surface area contributed by atoms with Crippen LogP contribution in [0.25, 0.3) is 44.5 Å². The van der Waals surface area contributed by atoms with Crippen LogP contribution in [0, 0.1) is 0 Å². The van der Waals surface area contributed by atoms with Crippen LogP contribution in [0.5, 0.6) is 0 Å². The van der Waals surface area contributed by atoms with Crippen LogP contribution in [0.4, 0.5) is 22.7 Å². The number of aromatic nitrogens is 2. The standard InChI is InChI=1S/C38H28N4/c39-35-24-21-29-9-7-8-14-34(29)37(35)38-40-26-25-36(41-38)30-17-15-27(16-18-30)28-19-22-33(23-20-28)42(31-10-3-1-4-11-31)32-12-5-2-6-13-32/h1-26H,39H2. The van der Waals surface area contributed by atoms with E-state index in [4.69, 9.17) is 10.7 Å². The van der Waals surface area contributed by atoms with E-state index in [9.17, 15) is 0 Å². The molecule has 4 heteroatoms. The van der Waals surface area contributed by atoms with E-state index in [1.54, 1.807) is 6.20 Å². The zero-order chi connectivity index (χ0) is 28.3. The highest BCUT2D eigenvalue weighted by Crippen LogP contribution is 2.36. The number of rotatable bonds is 6. The molecule has 1 heterocycles. The lowest BCUT2D eigenvalue weighted by atomic mass is 10.0. The Morgan fingerprint density at radius 2 is 1.02 bits per heavy atom. The van der Waals surface area contributed by atoms with Crippen LogP contribution in [0.2, 0.25) is 0 Å². The SMILES string of the molecule is Nc1ccc2ccccc2c1-c1nccc(-c2ccc(-c3ccc(N(c4ccccc4)c4ccccc4)cc3)cc2)n1. The molecule has 2 N–H and O–H groups in total. The Morgan fingerprint density at radius 1 is 0.476 bits per heavy atom. The molecule has 0 unspecified atom stereocenters. The summed E-state index contributed by atoms with van der Waals surface area (Å²) in [6.07, 6.45) is 1.80. The van der Waals surface area contributed by atoms with Gasteiger partial charge in [0.2, 0.25) is 0 Å². The molecule has 0 aliphatic carbocycles. The van der Waals surface area contributed by atoms with Crippen LogP contribution in [-0.4, -0.2) is 9.97 Å². The van der Waals surface area contributed by atoms with Gasteiger partial charge in [-0.15, -0.1) is 0 Å². The predicted molar refractivity (Wildman–Crippen MR) is 175 cm³/mol. The number of hydrogen-bond donors (Lipinski definition) is 1. The first-order valence-corrected chi connectivity index (χ1v) is 14.0. The van der Waals surface area contributed by atoms with Crippen LogP contribution in [-0.2, 0) is 0 Å². The summed E-state index contributed by atoms with van der Waals surface area (Å²) < 4.78 is 0. The second-order valence-electron chi connectivity index (χ2n) is 10.1. The highest BCUT2D eigenvalue weighted by molar-refractivity contribution is 6.00. The van der Waals surface area contributed by atoms with Crippen molar-refractivity contribution in [2.45, 2.75) is 0 Å². The van der Waals surface area contributed by atoms with Crippen molar-refractivity contribution < 1.29 is 0 Å². The predicted octanol–water partition coefficient (Wildman–Crippen LogP) is 9.68. The molecule has 0 saturated heterocycles. The lowest BCUT2D eigenvalue weighted by molar-refractivity contribution is 1.18. The summed E-state index contributed by atoms with van der Waals surface area (Å²) in [5, 5.41) is 2.16. The molecule has 42 heavy (non-hydrogen) atoms. The van der Waals surface area contributed by atoms with Crippen molar-refractivity contribution >= 4 is 33.5 Å². The summed E-state index contributed by atoms with van der Waals surface area (Å²) in [6.45, 7) is 0. The third kappa shape index (κ3) is 4.87. The van der Waals surface area contributed by atoms with E-state index in [-0.39, 0.29) is 0 Å². The smallest absolute Gasteiger partial charge is 0.162 e. The maximum atomic E-state index is 6.40. The van der Waals surface area contributed by atoms with E-state index in [0.717, 1.165) is 55.8 Å². The Kier molecular flexibility index (Phi) is 6.63. The van der Waals surface area contributed by atoms with Gasteiger partial charge in [0, 0.05) is 40.1 Å². The molecular weight excluding hydrogens is 512 g/mol. The van der Waals surface area contributed by atoms with E-state index < -0.39 is 0 Å². The molecule has 0 bridgehead atoms. The molecule has 7 aromatic rings. The van der Waals surface area contributed by atoms with Gasteiger partial charge in [0.15, 0.2) is 5.82 Å². The Bertz CT molecular complexity index is 1930. The van der Waals surface area contributed by atoms with E-state index in [2.05, 4.69) is 119 Å². The number of fused-ring (bicyclic) bond motifs is 1. The second-order valence-corrected chi connectivity index (χ2v) is 10.1. The number of nitrogens with two attached hydrogens (primary N) is 1. The molecular formula is C38H28N4. The molecule has 0 atom stereocenters. The van der Waals surface area contributed by atoms with E-state index in [1.165, 1.54) is 0 Å². The minimum atomic E-state index is 0.628. The van der Waals surface area contributed by atoms with Gasteiger partial charge in [0.1, 0.15) is 0 Å². The van der Waals surface area contributed by atoms with Crippen LogP contribution in [0.3, 0.4) is 0 Å². The minimum Gasteiger partial charge on any atom is -0.398 e. The first-order chi connectivity index (χ1) is 20.7. The molecule has 0 aliphatic heterocycles. The highest BCUT2D eigenvalue weighted by atomic mass is 15.1. The fourth-order valence-electron chi connectivity index (χ4n) is 5.42. The molecule has 1 aromatic heterocycles. The summed E-state index contributed by atoms with van der Waals surface area (Å²) in [6, 6.07) is 52.2. The Hall–Kier alpha value is -5.74. The maximum absolute atomic E-state index is 6.40. The summed E-state index contributed by atoms with van der Waals surface area (Å²) in [5.41, 5.74) is 15.5. The Labute approximate surface area is 245 Å². The minimum absolute atomic E-state index is 0.628. The number of hydrogen-bond acceptors (Lipinski definition) is 4. The fraction of sp³-hybridized carbons (Fsp3) is 0. The number of anilines is 4. The van der Waals surface area contributed by atoms with E-state index >= 15 is 0 Å². The topological polar surface area (TPSA) is 55.0 Å². The monoisotopic (exact) mass is 540 g/mol. The first kappa shape index (κ1) is 25.2. The molecule has 0 fully saturated rings. The van der Waals surface area contributed by atoms with Gasteiger partial charge in [0.25, 0.3) is 0 Å². The van der Waals surface area contributed by atoms with Crippen molar-refractivity contribution in [2.24, 2.45) is 0 Å². The average molecular weight is 541 g/mol. The number of para-hydroxylation sites is 2. The fourth-order valence-corrected chi connectivity index (χ4v) is 5.42. The van der Waals surface area contributed by atoms with Gasteiger partial charge in [-0.3, -0.25) is 0 Å². The van der Waals surface area contributed by atoms with Crippen molar-refractivity contribution in [2.75, 3.05) is 10.6 Å². The molecule has 0 aliphatic rings. The van der Waals surface area contributed by atoms with Crippen molar-refractivity contribution in [1.29, 1.82) is 0 Å². The van der Waals surface area contributed by atoms with Crippen molar-refractivity contribution in [1.82, 2.24) is 9.97 Å². The third-order valence-electron chi connectivity index (χ3n) is 7.51. The van der Waals surface area contributed by atoms with E-state index in [1.807, 2.05) is 42.5 Å². The lowest BCUT2D eigenvalue weighted by Crippen LogP contribution is -2.09. The largest absolute Gasteiger partial charge is 0.398 e. The zero-order valence-corrected chi connectivity index (χ0v) is 22.9. The van der Waals surface area contributed by atoms with Gasteiger partial charge in [-0.2, -0.15) is 0 Å². The summed E-state index contributed by atoms with van der Waals surface area (Å²) >= 11 is 0. The van der Waals surface area contributed by atoms with Crippen molar-refractivity contribution in [3.05, 3.63) is 158 Å². The first-order valence-electron chi connectivity index (χ1n) is 14.0. The van der Waals surface area contributed by atoms with Crippen LogP contribution >= 0.6 is 0 Å². The van der Waals surface area contributed by atoms with Gasteiger partial charge in [-0.25, -0.2) is 9.97 Å². The number of nitrogen functional groups attached to an aromatic ring is 1. The summed E-state index contributed by atoms with van der Waals surface area (Å²) in [5.74, 6) is 0.628. The molecule has 0 spiro atoms. The summed E-state index contributed by atoms with van der Waals surface area (Å²) in [4.78, 5) is 11.8.